The van der Waals surface area contributed by atoms with Crippen molar-refractivity contribution in [2.75, 3.05) is 33.4 Å². The van der Waals surface area contributed by atoms with Gasteiger partial charge in [0.15, 0.2) is 5.65 Å². The lowest BCUT2D eigenvalue weighted by Crippen LogP contribution is -2.32. The van der Waals surface area contributed by atoms with Crippen molar-refractivity contribution in [2.24, 2.45) is 5.92 Å². The Morgan fingerprint density at radius 1 is 1.36 bits per heavy atom. The molecule has 2 atom stereocenters. The third-order valence-corrected chi connectivity index (χ3v) is 4.99. The van der Waals surface area contributed by atoms with Gasteiger partial charge in [-0.05, 0) is 45.0 Å². The Hall–Kier alpha value is -1.46. The molecule has 4 heterocycles. The van der Waals surface area contributed by atoms with Crippen LogP contribution in [0.3, 0.4) is 0 Å². The number of hydrogen-bond acceptors (Lipinski definition) is 4. The molecule has 2 fully saturated rings. The van der Waals surface area contributed by atoms with Crippen molar-refractivity contribution in [1.82, 2.24) is 19.4 Å². The zero-order valence-electron chi connectivity index (χ0n) is 13.2. The summed E-state index contributed by atoms with van der Waals surface area (Å²) in [4.78, 5) is 12.0. The van der Waals surface area contributed by atoms with Crippen LogP contribution in [-0.2, 0) is 11.3 Å². The number of likely N-dealkylation sites (N-methyl/N-ethyl adjacent to an activating group) is 1. The predicted molar refractivity (Wildman–Crippen MR) is 85.9 cm³/mol. The number of rotatable bonds is 3. The smallest absolute Gasteiger partial charge is 0.160 e. The number of ether oxygens (including phenoxy) is 1. The predicted octanol–water partition coefficient (Wildman–Crippen LogP) is 2.28. The minimum atomic E-state index is 0.523. The van der Waals surface area contributed by atoms with E-state index in [4.69, 9.17) is 9.72 Å². The van der Waals surface area contributed by atoms with Gasteiger partial charge in [-0.15, -0.1) is 0 Å². The van der Waals surface area contributed by atoms with E-state index in [9.17, 15) is 0 Å². The lowest BCUT2D eigenvalue weighted by molar-refractivity contribution is 0.182. The molecule has 5 heteroatoms. The SMILES string of the molecule is CN1CCCC(c2nc3cccnc3n2CC2CCOC2)C1. The minimum Gasteiger partial charge on any atom is -0.381 e. The van der Waals surface area contributed by atoms with Gasteiger partial charge in [0.2, 0.25) is 0 Å². The van der Waals surface area contributed by atoms with Gasteiger partial charge < -0.3 is 14.2 Å². The van der Waals surface area contributed by atoms with E-state index in [1.165, 1.54) is 25.2 Å². The fourth-order valence-corrected chi connectivity index (χ4v) is 3.83. The summed E-state index contributed by atoms with van der Waals surface area (Å²) >= 11 is 0. The Bertz CT molecular complexity index is 647. The zero-order valence-corrected chi connectivity index (χ0v) is 13.2. The normalized spacial score (nSPS) is 26.8. The molecular weight excluding hydrogens is 276 g/mol. The highest BCUT2D eigenvalue weighted by molar-refractivity contribution is 5.71. The van der Waals surface area contributed by atoms with Crippen LogP contribution in [0.4, 0.5) is 0 Å². The van der Waals surface area contributed by atoms with Crippen LogP contribution in [0.5, 0.6) is 0 Å². The van der Waals surface area contributed by atoms with Crippen molar-refractivity contribution >= 4 is 11.2 Å². The van der Waals surface area contributed by atoms with Crippen molar-refractivity contribution in [3.63, 3.8) is 0 Å². The average Bonchev–Trinajstić information content (AvgIpc) is 3.16. The average molecular weight is 300 g/mol. The molecule has 2 saturated heterocycles. The van der Waals surface area contributed by atoms with Gasteiger partial charge in [-0.25, -0.2) is 9.97 Å². The molecule has 2 unspecified atom stereocenters. The fourth-order valence-electron chi connectivity index (χ4n) is 3.83. The maximum atomic E-state index is 5.56. The van der Waals surface area contributed by atoms with Gasteiger partial charge in [0.25, 0.3) is 0 Å². The van der Waals surface area contributed by atoms with Crippen LogP contribution in [0.25, 0.3) is 11.2 Å². The molecule has 0 saturated carbocycles. The van der Waals surface area contributed by atoms with E-state index in [0.717, 1.165) is 43.9 Å². The molecular formula is C17H24N4O. The van der Waals surface area contributed by atoms with Crippen LogP contribution in [-0.4, -0.2) is 52.8 Å². The number of imidazole rings is 1. The Labute approximate surface area is 131 Å². The lowest BCUT2D eigenvalue weighted by Gasteiger charge is -2.29. The highest BCUT2D eigenvalue weighted by atomic mass is 16.5. The monoisotopic (exact) mass is 300 g/mol. The van der Waals surface area contributed by atoms with Gasteiger partial charge in [-0.1, -0.05) is 0 Å². The first-order valence-corrected chi connectivity index (χ1v) is 8.38. The summed E-state index contributed by atoms with van der Waals surface area (Å²) in [6.07, 6.45) is 5.51. The molecule has 2 aliphatic rings. The van der Waals surface area contributed by atoms with E-state index in [1.807, 2.05) is 12.3 Å². The van der Waals surface area contributed by atoms with Crippen LogP contribution in [0, 0.1) is 5.92 Å². The lowest BCUT2D eigenvalue weighted by atomic mass is 9.97. The quantitative estimate of drug-likeness (QED) is 0.872. The third-order valence-electron chi connectivity index (χ3n) is 4.99. The van der Waals surface area contributed by atoms with Gasteiger partial charge in [-0.3, -0.25) is 0 Å². The molecule has 0 radical (unpaired) electrons. The molecule has 118 valence electrons. The molecule has 2 aliphatic heterocycles. The maximum absolute atomic E-state index is 5.56. The largest absolute Gasteiger partial charge is 0.381 e. The van der Waals surface area contributed by atoms with Crippen LogP contribution in [0.2, 0.25) is 0 Å². The van der Waals surface area contributed by atoms with Crippen LogP contribution < -0.4 is 0 Å². The number of pyridine rings is 1. The van der Waals surface area contributed by atoms with E-state index in [-0.39, 0.29) is 0 Å². The zero-order chi connectivity index (χ0) is 14.9. The number of aromatic nitrogens is 3. The van der Waals surface area contributed by atoms with E-state index >= 15 is 0 Å². The summed E-state index contributed by atoms with van der Waals surface area (Å²) in [5.74, 6) is 2.35. The first-order valence-electron chi connectivity index (χ1n) is 8.38. The highest BCUT2D eigenvalue weighted by Crippen LogP contribution is 2.29. The minimum absolute atomic E-state index is 0.523. The molecule has 4 rings (SSSR count). The molecule has 22 heavy (non-hydrogen) atoms. The number of likely N-dealkylation sites (tertiary alicyclic amines) is 1. The third kappa shape index (κ3) is 2.63. The number of nitrogens with zero attached hydrogens (tertiary/aromatic N) is 4. The molecule has 0 aromatic carbocycles. The van der Waals surface area contributed by atoms with Crippen LogP contribution >= 0.6 is 0 Å². The molecule has 5 nitrogen and oxygen atoms in total. The first kappa shape index (κ1) is 14.2. The molecule has 0 aliphatic carbocycles. The molecule has 0 bridgehead atoms. The highest BCUT2D eigenvalue weighted by Gasteiger charge is 2.27. The Morgan fingerprint density at radius 2 is 2.32 bits per heavy atom. The van der Waals surface area contributed by atoms with Crippen molar-refractivity contribution in [2.45, 2.75) is 31.7 Å². The van der Waals surface area contributed by atoms with E-state index in [0.29, 0.717) is 11.8 Å². The summed E-state index contributed by atoms with van der Waals surface area (Å²) in [7, 11) is 2.21. The summed E-state index contributed by atoms with van der Waals surface area (Å²) in [5, 5.41) is 0. The summed E-state index contributed by atoms with van der Waals surface area (Å²) < 4.78 is 7.93. The second-order valence-electron chi connectivity index (χ2n) is 6.76. The summed E-state index contributed by atoms with van der Waals surface area (Å²) in [6, 6.07) is 4.06. The van der Waals surface area contributed by atoms with Crippen LogP contribution in [0.15, 0.2) is 18.3 Å². The summed E-state index contributed by atoms with van der Waals surface area (Å²) in [6.45, 7) is 5.06. The standard InChI is InChI=1S/C17H24N4O/c1-20-8-3-4-14(11-20)16-19-15-5-2-7-18-17(15)21(16)10-13-6-9-22-12-13/h2,5,7,13-14H,3-4,6,8-12H2,1H3. The van der Waals surface area contributed by atoms with Crippen molar-refractivity contribution in [1.29, 1.82) is 0 Å². The van der Waals surface area contributed by atoms with Crippen LogP contribution in [0.1, 0.15) is 31.0 Å². The molecule has 0 spiro atoms. The van der Waals surface area contributed by atoms with Crippen molar-refractivity contribution in [3.05, 3.63) is 24.2 Å². The molecule has 0 N–H and O–H groups in total. The first-order chi connectivity index (χ1) is 10.8. The second kappa shape index (κ2) is 5.97. The molecule has 0 amide bonds. The number of fused-ring (bicyclic) bond motifs is 1. The second-order valence-corrected chi connectivity index (χ2v) is 6.76. The van der Waals surface area contributed by atoms with Gasteiger partial charge >= 0.3 is 0 Å². The van der Waals surface area contributed by atoms with E-state index < -0.39 is 0 Å². The fraction of sp³-hybridized carbons (Fsp3) is 0.647. The number of hydrogen-bond donors (Lipinski definition) is 0. The number of piperidine rings is 1. The molecule has 2 aromatic rings. The van der Waals surface area contributed by atoms with Crippen molar-refractivity contribution < 1.29 is 4.74 Å². The Balaban J connectivity index is 1.71. The van der Waals surface area contributed by atoms with Gasteiger partial charge in [-0.2, -0.15) is 0 Å². The van der Waals surface area contributed by atoms with E-state index in [2.05, 4.69) is 27.6 Å². The van der Waals surface area contributed by atoms with Gasteiger partial charge in [0, 0.05) is 37.7 Å². The maximum Gasteiger partial charge on any atom is 0.160 e. The Kier molecular flexibility index (Phi) is 3.84. The van der Waals surface area contributed by atoms with Crippen molar-refractivity contribution in [3.8, 4) is 0 Å². The van der Waals surface area contributed by atoms with E-state index in [1.54, 1.807) is 0 Å². The summed E-state index contributed by atoms with van der Waals surface area (Å²) in [5.41, 5.74) is 2.07. The van der Waals surface area contributed by atoms with Gasteiger partial charge in [0.1, 0.15) is 11.3 Å². The molecule has 2 aromatic heterocycles. The van der Waals surface area contributed by atoms with Gasteiger partial charge in [0.05, 0.1) is 6.61 Å². The Morgan fingerprint density at radius 3 is 3.14 bits per heavy atom. The topological polar surface area (TPSA) is 43.2 Å².